The van der Waals surface area contributed by atoms with Crippen molar-refractivity contribution in [1.29, 1.82) is 0 Å². The Morgan fingerprint density at radius 3 is 2.86 bits per heavy atom. The minimum atomic E-state index is -0.462. The molecular formula is C15H16BrClN2O3. The average molecular weight is 388 g/mol. The molecule has 22 heavy (non-hydrogen) atoms. The van der Waals surface area contributed by atoms with Gasteiger partial charge in [0.2, 0.25) is 0 Å². The predicted octanol–water partition coefficient (Wildman–Crippen LogP) is 4.68. The van der Waals surface area contributed by atoms with E-state index in [1.54, 1.807) is 28.8 Å². The van der Waals surface area contributed by atoms with Crippen molar-refractivity contribution in [3.63, 3.8) is 0 Å². The lowest BCUT2D eigenvalue weighted by Gasteiger charge is -2.11. The molecule has 0 radical (unpaired) electrons. The van der Waals surface area contributed by atoms with Crippen LogP contribution in [0.2, 0.25) is 5.02 Å². The van der Waals surface area contributed by atoms with Crippen LogP contribution in [0, 0.1) is 0 Å². The number of halogens is 2. The Kier molecular flexibility index (Phi) is 5.85. The van der Waals surface area contributed by atoms with Crippen molar-refractivity contribution < 1.29 is 14.3 Å². The van der Waals surface area contributed by atoms with Crippen LogP contribution in [-0.4, -0.2) is 22.6 Å². The third kappa shape index (κ3) is 3.81. The highest BCUT2D eigenvalue weighted by Gasteiger charge is 2.23. The number of rotatable bonds is 6. The summed E-state index contributed by atoms with van der Waals surface area (Å²) in [4.78, 5) is 16.2. The molecule has 0 aliphatic carbocycles. The topological polar surface area (TPSA) is 53.4 Å². The molecule has 0 N–H and O–H groups in total. The summed E-state index contributed by atoms with van der Waals surface area (Å²) < 4.78 is 12.7. The Bertz CT molecular complexity index is 673. The molecule has 118 valence electrons. The fraction of sp³-hybridized carbons (Fsp3) is 0.333. The van der Waals surface area contributed by atoms with Crippen LogP contribution in [0.3, 0.4) is 0 Å². The number of carbonyl (C=O) groups excluding carboxylic acids is 1. The molecule has 1 aromatic carbocycles. The van der Waals surface area contributed by atoms with Crippen molar-refractivity contribution in [3.05, 3.63) is 39.6 Å². The van der Waals surface area contributed by atoms with Crippen LogP contribution in [0.15, 0.2) is 28.9 Å². The zero-order valence-electron chi connectivity index (χ0n) is 12.3. The molecule has 0 unspecified atom stereocenters. The van der Waals surface area contributed by atoms with E-state index in [2.05, 4.69) is 27.8 Å². The minimum Gasteiger partial charge on any atom is -0.464 e. The third-order valence-electron chi connectivity index (χ3n) is 3.01. The summed E-state index contributed by atoms with van der Waals surface area (Å²) in [5, 5.41) is 0.566. The van der Waals surface area contributed by atoms with Gasteiger partial charge >= 0.3 is 12.0 Å². The lowest BCUT2D eigenvalue weighted by molar-refractivity contribution is 0.0586. The molecule has 0 saturated heterocycles. The fourth-order valence-corrected chi connectivity index (χ4v) is 2.64. The van der Waals surface area contributed by atoms with E-state index >= 15 is 0 Å². The molecule has 5 nitrogen and oxygen atoms in total. The molecule has 7 heteroatoms. The smallest absolute Gasteiger partial charge is 0.357 e. The van der Waals surface area contributed by atoms with Gasteiger partial charge in [-0.3, -0.25) is 4.57 Å². The molecule has 0 spiro atoms. The second-order valence-electron chi connectivity index (χ2n) is 4.59. The SMILES string of the molecule is CCCCn1c(Oc2cccc(Cl)c2)nc(Br)c1C(=O)OC. The number of imidazole rings is 1. The zero-order chi connectivity index (χ0) is 16.1. The summed E-state index contributed by atoms with van der Waals surface area (Å²) in [5.74, 6) is 0.0931. The number of esters is 1. The molecule has 1 aromatic heterocycles. The summed E-state index contributed by atoms with van der Waals surface area (Å²) >= 11 is 9.24. The molecule has 0 fully saturated rings. The van der Waals surface area contributed by atoms with Crippen molar-refractivity contribution in [2.24, 2.45) is 0 Å². The minimum absolute atomic E-state index is 0.322. The monoisotopic (exact) mass is 386 g/mol. The Labute approximate surface area is 142 Å². The first-order chi connectivity index (χ1) is 10.6. The molecule has 2 aromatic rings. The Hall–Kier alpha value is -1.53. The molecule has 0 aliphatic heterocycles. The van der Waals surface area contributed by atoms with Gasteiger partial charge in [-0.2, -0.15) is 4.98 Å². The van der Waals surface area contributed by atoms with Gasteiger partial charge in [0.1, 0.15) is 10.4 Å². The molecule has 2 rings (SSSR count). The molecule has 0 amide bonds. The number of aromatic nitrogens is 2. The number of benzene rings is 1. The van der Waals surface area contributed by atoms with Gasteiger partial charge in [0.15, 0.2) is 5.69 Å². The van der Waals surface area contributed by atoms with Crippen LogP contribution in [0.4, 0.5) is 0 Å². The van der Waals surface area contributed by atoms with Crippen LogP contribution in [0.1, 0.15) is 30.3 Å². The zero-order valence-corrected chi connectivity index (χ0v) is 14.6. The summed E-state index contributed by atoms with van der Waals surface area (Å²) in [6, 6.07) is 7.33. The highest BCUT2D eigenvalue weighted by atomic mass is 79.9. The Morgan fingerprint density at radius 2 is 2.23 bits per heavy atom. The number of nitrogens with zero attached hydrogens (tertiary/aromatic N) is 2. The molecule has 0 saturated carbocycles. The third-order valence-corrected chi connectivity index (χ3v) is 3.80. The molecule has 0 aliphatic rings. The van der Waals surface area contributed by atoms with Gasteiger partial charge in [-0.15, -0.1) is 0 Å². The molecular weight excluding hydrogens is 372 g/mol. The highest BCUT2D eigenvalue weighted by Crippen LogP contribution is 2.29. The van der Waals surface area contributed by atoms with Crippen LogP contribution in [-0.2, 0) is 11.3 Å². The number of hydrogen-bond donors (Lipinski definition) is 0. The quantitative estimate of drug-likeness (QED) is 0.675. The van der Waals surface area contributed by atoms with E-state index in [4.69, 9.17) is 21.1 Å². The van der Waals surface area contributed by atoms with E-state index < -0.39 is 5.97 Å². The number of unbranched alkanes of at least 4 members (excludes halogenated alkanes) is 1. The van der Waals surface area contributed by atoms with Crippen LogP contribution >= 0.6 is 27.5 Å². The van der Waals surface area contributed by atoms with Crippen LogP contribution in [0.5, 0.6) is 11.8 Å². The number of methoxy groups -OCH3 is 1. The fourth-order valence-electron chi connectivity index (χ4n) is 1.93. The van der Waals surface area contributed by atoms with Gasteiger partial charge in [0.05, 0.1) is 7.11 Å². The van der Waals surface area contributed by atoms with E-state index in [1.165, 1.54) is 7.11 Å². The highest BCUT2D eigenvalue weighted by molar-refractivity contribution is 9.10. The van der Waals surface area contributed by atoms with Crippen molar-refractivity contribution in [1.82, 2.24) is 9.55 Å². The lowest BCUT2D eigenvalue weighted by Crippen LogP contribution is -2.12. The normalized spacial score (nSPS) is 10.5. The summed E-state index contributed by atoms with van der Waals surface area (Å²) in [6.45, 7) is 2.68. The number of hydrogen-bond acceptors (Lipinski definition) is 4. The summed E-state index contributed by atoms with van der Waals surface area (Å²) in [5.41, 5.74) is 0.341. The van der Waals surface area contributed by atoms with Gasteiger partial charge in [-0.25, -0.2) is 4.79 Å². The van der Waals surface area contributed by atoms with Gasteiger partial charge < -0.3 is 9.47 Å². The van der Waals surface area contributed by atoms with E-state index in [0.29, 0.717) is 33.6 Å². The maximum atomic E-state index is 11.9. The van der Waals surface area contributed by atoms with Gasteiger partial charge in [0.25, 0.3) is 0 Å². The predicted molar refractivity (Wildman–Crippen MR) is 87.7 cm³/mol. The van der Waals surface area contributed by atoms with Crippen molar-refractivity contribution in [2.75, 3.05) is 7.11 Å². The maximum absolute atomic E-state index is 11.9. The standard InChI is InChI=1S/C15H16BrClN2O3/c1-3-4-8-19-12(14(20)21-2)13(16)18-15(19)22-11-7-5-6-10(17)9-11/h5-7,9H,3-4,8H2,1-2H3. The van der Waals surface area contributed by atoms with E-state index in [1.807, 2.05) is 0 Å². The van der Waals surface area contributed by atoms with Crippen molar-refractivity contribution >= 4 is 33.5 Å². The maximum Gasteiger partial charge on any atom is 0.357 e. The van der Waals surface area contributed by atoms with E-state index in [-0.39, 0.29) is 0 Å². The second kappa shape index (κ2) is 7.65. The lowest BCUT2D eigenvalue weighted by atomic mass is 10.3. The first-order valence-corrected chi connectivity index (χ1v) is 8.01. The average Bonchev–Trinajstić information content (AvgIpc) is 2.79. The molecule has 1 heterocycles. The van der Waals surface area contributed by atoms with E-state index in [0.717, 1.165) is 12.8 Å². The second-order valence-corrected chi connectivity index (χ2v) is 5.78. The van der Waals surface area contributed by atoms with Crippen LogP contribution in [0.25, 0.3) is 0 Å². The van der Waals surface area contributed by atoms with E-state index in [9.17, 15) is 4.79 Å². The molecule has 0 bridgehead atoms. The molecule has 0 atom stereocenters. The number of carbonyl (C=O) groups is 1. The number of ether oxygens (including phenoxy) is 2. The Morgan fingerprint density at radius 1 is 1.45 bits per heavy atom. The van der Waals surface area contributed by atoms with Gasteiger partial charge in [-0.1, -0.05) is 31.0 Å². The summed E-state index contributed by atoms with van der Waals surface area (Å²) in [6.07, 6.45) is 1.87. The largest absolute Gasteiger partial charge is 0.464 e. The summed E-state index contributed by atoms with van der Waals surface area (Å²) in [7, 11) is 1.34. The van der Waals surface area contributed by atoms with Crippen molar-refractivity contribution in [3.8, 4) is 11.8 Å². The van der Waals surface area contributed by atoms with Gasteiger partial charge in [0, 0.05) is 11.6 Å². The Balaban J connectivity index is 2.39. The first kappa shape index (κ1) is 16.8. The van der Waals surface area contributed by atoms with Gasteiger partial charge in [-0.05, 0) is 40.5 Å². The van der Waals surface area contributed by atoms with Crippen LogP contribution < -0.4 is 4.74 Å². The first-order valence-electron chi connectivity index (χ1n) is 6.84. The van der Waals surface area contributed by atoms with Crippen molar-refractivity contribution in [2.45, 2.75) is 26.3 Å².